The van der Waals surface area contributed by atoms with Gasteiger partial charge in [0.25, 0.3) is 5.91 Å². The van der Waals surface area contributed by atoms with Crippen LogP contribution in [0.1, 0.15) is 29.8 Å². The Bertz CT molecular complexity index is 853. The number of carbonyl (C=O) groups is 2. The molecule has 0 bridgehead atoms. The van der Waals surface area contributed by atoms with Gasteiger partial charge in [-0.25, -0.2) is 0 Å². The van der Waals surface area contributed by atoms with Crippen molar-refractivity contribution in [3.05, 3.63) is 53.6 Å². The van der Waals surface area contributed by atoms with E-state index < -0.39 is 0 Å². The van der Waals surface area contributed by atoms with E-state index in [-0.39, 0.29) is 18.4 Å². The van der Waals surface area contributed by atoms with E-state index in [2.05, 4.69) is 5.32 Å². The van der Waals surface area contributed by atoms with E-state index in [1.807, 2.05) is 45.0 Å². The molecule has 0 atom stereocenters. The summed E-state index contributed by atoms with van der Waals surface area (Å²) in [6.45, 7) is 7.36. The molecule has 0 aliphatic rings. The second-order valence-corrected chi connectivity index (χ2v) is 6.64. The van der Waals surface area contributed by atoms with Crippen LogP contribution in [0.2, 0.25) is 0 Å². The number of hydrogen-bond acceptors (Lipinski definition) is 5. The average Bonchev–Trinajstić information content (AvgIpc) is 2.74. The van der Waals surface area contributed by atoms with Crippen molar-refractivity contribution in [2.45, 2.75) is 20.8 Å². The molecule has 0 aromatic heterocycles. The Morgan fingerprint density at radius 2 is 1.63 bits per heavy atom. The van der Waals surface area contributed by atoms with E-state index in [9.17, 15) is 9.59 Å². The monoisotopic (exact) mass is 414 g/mol. The Morgan fingerprint density at radius 3 is 2.33 bits per heavy atom. The summed E-state index contributed by atoms with van der Waals surface area (Å²) in [5, 5.41) is 2.65. The molecule has 162 valence electrons. The second-order valence-electron chi connectivity index (χ2n) is 6.64. The van der Waals surface area contributed by atoms with Gasteiger partial charge < -0.3 is 24.4 Å². The van der Waals surface area contributed by atoms with Gasteiger partial charge in [0.1, 0.15) is 12.4 Å². The zero-order valence-electron chi connectivity index (χ0n) is 18.1. The van der Waals surface area contributed by atoms with Crippen LogP contribution in [0, 0.1) is 6.92 Å². The third-order valence-corrected chi connectivity index (χ3v) is 4.41. The van der Waals surface area contributed by atoms with Crippen LogP contribution in [0.15, 0.2) is 42.5 Å². The Kier molecular flexibility index (Phi) is 9.00. The molecule has 0 aliphatic heterocycles. The first kappa shape index (κ1) is 23.1. The number of carbonyl (C=O) groups excluding carboxylic acids is 2. The summed E-state index contributed by atoms with van der Waals surface area (Å²) in [5.74, 6) is 1.33. The number of likely N-dealkylation sites (N-methyl/N-ethyl adjacent to an activating group) is 1. The summed E-state index contributed by atoms with van der Waals surface area (Å²) in [4.78, 5) is 26.3. The van der Waals surface area contributed by atoms with Crippen molar-refractivity contribution in [3.8, 4) is 17.2 Å². The molecule has 30 heavy (non-hydrogen) atoms. The molecular weight excluding hydrogens is 384 g/mol. The van der Waals surface area contributed by atoms with Crippen molar-refractivity contribution in [1.29, 1.82) is 0 Å². The molecule has 0 saturated carbocycles. The van der Waals surface area contributed by atoms with Gasteiger partial charge >= 0.3 is 0 Å². The number of nitrogens with zero attached hydrogens (tertiary/aromatic N) is 1. The first-order valence-corrected chi connectivity index (χ1v) is 10.1. The standard InChI is InChI=1S/C23H30N2O5/c1-5-28-20-12-11-18(15-21(20)29-6-2)23(27)24-16-22(26)25(4)13-14-30-19-10-8-7-9-17(19)3/h7-12,15H,5-6,13-14,16H2,1-4H3,(H,24,27). The molecule has 0 unspecified atom stereocenters. The Morgan fingerprint density at radius 1 is 0.933 bits per heavy atom. The predicted octanol–water partition coefficient (Wildman–Crippen LogP) is 3.06. The number of para-hydroxylation sites is 1. The van der Waals surface area contributed by atoms with Crippen molar-refractivity contribution in [2.75, 3.05) is 40.0 Å². The number of hydrogen-bond donors (Lipinski definition) is 1. The molecule has 0 spiro atoms. The van der Waals surface area contributed by atoms with Crippen LogP contribution in [-0.4, -0.2) is 56.7 Å². The van der Waals surface area contributed by atoms with Gasteiger partial charge in [-0.3, -0.25) is 9.59 Å². The minimum Gasteiger partial charge on any atom is -0.491 e. The van der Waals surface area contributed by atoms with Crippen molar-refractivity contribution < 1.29 is 23.8 Å². The lowest BCUT2D eigenvalue weighted by atomic mass is 10.2. The third-order valence-electron chi connectivity index (χ3n) is 4.41. The number of nitrogens with one attached hydrogen (secondary N) is 1. The van der Waals surface area contributed by atoms with Crippen molar-refractivity contribution >= 4 is 11.8 Å². The van der Waals surface area contributed by atoms with Gasteiger partial charge in [0.2, 0.25) is 5.91 Å². The quantitative estimate of drug-likeness (QED) is 0.612. The van der Waals surface area contributed by atoms with Gasteiger partial charge in [0, 0.05) is 12.6 Å². The summed E-state index contributed by atoms with van der Waals surface area (Å²) in [5.41, 5.74) is 1.45. The molecule has 2 rings (SSSR count). The van der Waals surface area contributed by atoms with Crippen LogP contribution < -0.4 is 19.5 Å². The van der Waals surface area contributed by atoms with E-state index in [0.29, 0.717) is 43.4 Å². The SMILES string of the molecule is CCOc1ccc(C(=O)NCC(=O)N(C)CCOc2ccccc2C)cc1OCC. The van der Waals surface area contributed by atoms with Crippen molar-refractivity contribution in [2.24, 2.45) is 0 Å². The number of amides is 2. The first-order valence-electron chi connectivity index (χ1n) is 10.1. The smallest absolute Gasteiger partial charge is 0.251 e. The Balaban J connectivity index is 1.83. The molecule has 1 N–H and O–H groups in total. The van der Waals surface area contributed by atoms with E-state index in [0.717, 1.165) is 11.3 Å². The highest BCUT2D eigenvalue weighted by molar-refractivity contribution is 5.97. The molecule has 0 fully saturated rings. The van der Waals surface area contributed by atoms with Crippen LogP contribution in [0.25, 0.3) is 0 Å². The highest BCUT2D eigenvalue weighted by atomic mass is 16.5. The van der Waals surface area contributed by atoms with Gasteiger partial charge in [-0.05, 0) is 50.6 Å². The van der Waals surface area contributed by atoms with Crippen LogP contribution >= 0.6 is 0 Å². The van der Waals surface area contributed by atoms with E-state index in [1.165, 1.54) is 4.90 Å². The summed E-state index contributed by atoms with van der Waals surface area (Å²) in [6.07, 6.45) is 0. The lowest BCUT2D eigenvalue weighted by Gasteiger charge is -2.18. The third kappa shape index (κ3) is 6.69. The lowest BCUT2D eigenvalue weighted by Crippen LogP contribution is -2.39. The fraction of sp³-hybridized carbons (Fsp3) is 0.391. The molecule has 2 aromatic carbocycles. The fourth-order valence-electron chi connectivity index (χ4n) is 2.72. The van der Waals surface area contributed by atoms with Crippen LogP contribution in [0.3, 0.4) is 0 Å². The molecule has 0 heterocycles. The zero-order chi connectivity index (χ0) is 21.9. The molecule has 2 aromatic rings. The van der Waals surface area contributed by atoms with E-state index >= 15 is 0 Å². The Labute approximate surface area is 177 Å². The molecule has 7 heteroatoms. The Hall–Kier alpha value is -3.22. The summed E-state index contributed by atoms with van der Waals surface area (Å²) in [6, 6.07) is 12.7. The number of rotatable bonds is 11. The van der Waals surface area contributed by atoms with Crippen LogP contribution in [0.4, 0.5) is 0 Å². The number of ether oxygens (including phenoxy) is 3. The molecule has 2 amide bonds. The molecular formula is C23H30N2O5. The topological polar surface area (TPSA) is 77.1 Å². The normalized spacial score (nSPS) is 10.3. The molecule has 0 radical (unpaired) electrons. The van der Waals surface area contributed by atoms with Crippen molar-refractivity contribution in [3.63, 3.8) is 0 Å². The number of benzene rings is 2. The van der Waals surface area contributed by atoms with Crippen LogP contribution in [0.5, 0.6) is 17.2 Å². The van der Waals surface area contributed by atoms with Gasteiger partial charge in [0.05, 0.1) is 26.3 Å². The first-order chi connectivity index (χ1) is 14.5. The maximum absolute atomic E-state index is 12.4. The summed E-state index contributed by atoms with van der Waals surface area (Å²) in [7, 11) is 1.68. The van der Waals surface area contributed by atoms with E-state index in [1.54, 1.807) is 25.2 Å². The van der Waals surface area contributed by atoms with Gasteiger partial charge in [-0.15, -0.1) is 0 Å². The minimum atomic E-state index is -0.350. The van der Waals surface area contributed by atoms with Crippen LogP contribution in [-0.2, 0) is 4.79 Å². The van der Waals surface area contributed by atoms with Gasteiger partial charge in [0.15, 0.2) is 11.5 Å². The highest BCUT2D eigenvalue weighted by Gasteiger charge is 2.14. The largest absolute Gasteiger partial charge is 0.491 e. The fourth-order valence-corrected chi connectivity index (χ4v) is 2.72. The second kappa shape index (κ2) is 11.7. The highest BCUT2D eigenvalue weighted by Crippen LogP contribution is 2.28. The number of aryl methyl sites for hydroxylation is 1. The average molecular weight is 415 g/mol. The molecule has 0 aliphatic carbocycles. The van der Waals surface area contributed by atoms with E-state index in [4.69, 9.17) is 14.2 Å². The maximum Gasteiger partial charge on any atom is 0.251 e. The summed E-state index contributed by atoms with van der Waals surface area (Å²) < 4.78 is 16.8. The lowest BCUT2D eigenvalue weighted by molar-refractivity contribution is -0.129. The van der Waals surface area contributed by atoms with Crippen molar-refractivity contribution in [1.82, 2.24) is 10.2 Å². The van der Waals surface area contributed by atoms with Gasteiger partial charge in [-0.2, -0.15) is 0 Å². The predicted molar refractivity (Wildman–Crippen MR) is 115 cm³/mol. The molecule has 0 saturated heterocycles. The maximum atomic E-state index is 12.4. The summed E-state index contributed by atoms with van der Waals surface area (Å²) >= 11 is 0. The minimum absolute atomic E-state index is 0.100. The molecule has 7 nitrogen and oxygen atoms in total. The zero-order valence-corrected chi connectivity index (χ0v) is 18.1. The van der Waals surface area contributed by atoms with Gasteiger partial charge in [-0.1, -0.05) is 18.2 Å².